The molecule has 0 aliphatic rings. The van der Waals surface area contributed by atoms with E-state index in [2.05, 4.69) is 0 Å². The highest BCUT2D eigenvalue weighted by Gasteiger charge is 2.21. The van der Waals surface area contributed by atoms with Gasteiger partial charge in [-0.1, -0.05) is 13.0 Å². The van der Waals surface area contributed by atoms with Crippen LogP contribution in [0.3, 0.4) is 0 Å². The summed E-state index contributed by atoms with van der Waals surface area (Å²) in [6.45, 7) is 2.84. The normalized spacial score (nSPS) is 10.1. The first-order valence-corrected chi connectivity index (χ1v) is 6.30. The van der Waals surface area contributed by atoms with Crippen LogP contribution in [0.25, 0.3) is 0 Å². The molecule has 0 atom stereocenters. The predicted molar refractivity (Wildman–Crippen MR) is 72.8 cm³/mol. The van der Waals surface area contributed by atoms with Gasteiger partial charge in [0.05, 0.1) is 26.4 Å². The van der Waals surface area contributed by atoms with Crippen LogP contribution < -0.4 is 9.47 Å². The molecule has 5 heteroatoms. The molecule has 0 bridgehead atoms. The Bertz CT molecular complexity index is 414. The smallest absolute Gasteiger partial charge is 0.257 e. The Hall–Kier alpha value is -1.75. The van der Waals surface area contributed by atoms with Crippen LogP contribution in [0.5, 0.6) is 11.5 Å². The fraction of sp³-hybridized carbons (Fsp3) is 0.500. The number of para-hydroxylation sites is 1. The summed E-state index contributed by atoms with van der Waals surface area (Å²) in [6, 6.07) is 5.19. The van der Waals surface area contributed by atoms with Crippen molar-refractivity contribution in [3.8, 4) is 11.5 Å². The van der Waals surface area contributed by atoms with Crippen LogP contribution in [0, 0.1) is 0 Å². The second-order valence-corrected chi connectivity index (χ2v) is 4.06. The van der Waals surface area contributed by atoms with Gasteiger partial charge >= 0.3 is 0 Å². The molecule has 19 heavy (non-hydrogen) atoms. The number of carbonyl (C=O) groups is 1. The Morgan fingerprint density at radius 1 is 1.26 bits per heavy atom. The number of amides is 1. The number of aliphatic hydroxyl groups excluding tert-OH is 1. The summed E-state index contributed by atoms with van der Waals surface area (Å²) in [5.41, 5.74) is 0.448. The molecule has 0 saturated heterocycles. The lowest BCUT2D eigenvalue weighted by Crippen LogP contribution is -2.34. The van der Waals surface area contributed by atoms with Crippen molar-refractivity contribution in [1.82, 2.24) is 4.90 Å². The highest BCUT2D eigenvalue weighted by Crippen LogP contribution is 2.31. The van der Waals surface area contributed by atoms with E-state index < -0.39 is 0 Å². The van der Waals surface area contributed by atoms with Crippen LogP contribution >= 0.6 is 0 Å². The lowest BCUT2D eigenvalue weighted by molar-refractivity contribution is 0.0718. The summed E-state index contributed by atoms with van der Waals surface area (Å²) in [7, 11) is 3.04. The third-order valence-electron chi connectivity index (χ3n) is 2.78. The second-order valence-electron chi connectivity index (χ2n) is 4.06. The van der Waals surface area contributed by atoms with E-state index in [1.807, 2.05) is 6.92 Å². The molecule has 0 aliphatic carbocycles. The van der Waals surface area contributed by atoms with E-state index in [4.69, 9.17) is 14.6 Å². The zero-order valence-electron chi connectivity index (χ0n) is 11.7. The van der Waals surface area contributed by atoms with Gasteiger partial charge in [0, 0.05) is 13.1 Å². The molecular formula is C14H21NO4. The van der Waals surface area contributed by atoms with Gasteiger partial charge in [0.25, 0.3) is 5.91 Å². The van der Waals surface area contributed by atoms with Gasteiger partial charge in [0.2, 0.25) is 0 Å². The van der Waals surface area contributed by atoms with E-state index in [1.165, 1.54) is 14.2 Å². The summed E-state index contributed by atoms with van der Waals surface area (Å²) < 4.78 is 10.4. The summed E-state index contributed by atoms with van der Waals surface area (Å²) in [4.78, 5) is 14.1. The van der Waals surface area contributed by atoms with Crippen molar-refractivity contribution in [3.63, 3.8) is 0 Å². The van der Waals surface area contributed by atoms with E-state index in [0.717, 1.165) is 6.42 Å². The fourth-order valence-electron chi connectivity index (χ4n) is 1.93. The predicted octanol–water partition coefficient (Wildman–Crippen LogP) is 1.55. The minimum atomic E-state index is -0.161. The van der Waals surface area contributed by atoms with E-state index in [1.54, 1.807) is 23.1 Å². The summed E-state index contributed by atoms with van der Waals surface area (Å²) in [5, 5.41) is 9.04. The number of carbonyl (C=O) groups excluding carboxylic acids is 1. The quantitative estimate of drug-likeness (QED) is 0.814. The summed E-state index contributed by atoms with van der Waals surface area (Å²) >= 11 is 0. The Morgan fingerprint density at radius 3 is 2.53 bits per heavy atom. The number of nitrogens with zero attached hydrogens (tertiary/aromatic N) is 1. The average Bonchev–Trinajstić information content (AvgIpc) is 2.45. The fourth-order valence-corrected chi connectivity index (χ4v) is 1.93. The maximum atomic E-state index is 12.5. The van der Waals surface area contributed by atoms with Crippen molar-refractivity contribution in [1.29, 1.82) is 0 Å². The maximum Gasteiger partial charge on any atom is 0.257 e. The van der Waals surface area contributed by atoms with Gasteiger partial charge in [0.1, 0.15) is 0 Å². The maximum absolute atomic E-state index is 12.5. The van der Waals surface area contributed by atoms with Gasteiger partial charge < -0.3 is 19.5 Å². The molecule has 0 unspecified atom stereocenters. The third kappa shape index (κ3) is 3.61. The lowest BCUT2D eigenvalue weighted by atomic mass is 10.1. The minimum Gasteiger partial charge on any atom is -0.493 e. The van der Waals surface area contributed by atoms with E-state index in [0.29, 0.717) is 30.2 Å². The van der Waals surface area contributed by atoms with Crippen LogP contribution in [0.2, 0.25) is 0 Å². The average molecular weight is 267 g/mol. The molecule has 0 aliphatic heterocycles. The molecule has 1 aromatic rings. The minimum absolute atomic E-state index is 0.0575. The van der Waals surface area contributed by atoms with Crippen LogP contribution in [0.1, 0.15) is 23.7 Å². The Labute approximate surface area is 113 Å². The molecule has 0 aromatic heterocycles. The Kier molecular flexibility index (Phi) is 6.15. The number of hydrogen-bond acceptors (Lipinski definition) is 4. The molecule has 0 heterocycles. The number of ether oxygens (including phenoxy) is 2. The van der Waals surface area contributed by atoms with Gasteiger partial charge in [-0.25, -0.2) is 0 Å². The first-order valence-electron chi connectivity index (χ1n) is 6.30. The largest absolute Gasteiger partial charge is 0.493 e. The Balaban J connectivity index is 3.09. The van der Waals surface area contributed by atoms with Crippen LogP contribution in [0.4, 0.5) is 0 Å². The van der Waals surface area contributed by atoms with E-state index in [-0.39, 0.29) is 12.5 Å². The van der Waals surface area contributed by atoms with Crippen LogP contribution in [0.15, 0.2) is 18.2 Å². The standard InChI is InChI=1S/C14H21NO4/c1-4-8-15(9-10-16)14(17)11-6-5-7-12(18-2)13(11)19-3/h5-7,16H,4,8-10H2,1-3H3. The van der Waals surface area contributed by atoms with Gasteiger partial charge in [0.15, 0.2) is 11.5 Å². The number of methoxy groups -OCH3 is 2. The SMILES string of the molecule is CCCN(CCO)C(=O)c1cccc(OC)c1OC. The molecule has 0 radical (unpaired) electrons. The molecule has 1 rings (SSSR count). The molecule has 0 saturated carbocycles. The topological polar surface area (TPSA) is 59.0 Å². The summed E-state index contributed by atoms with van der Waals surface area (Å²) in [5.74, 6) is 0.787. The zero-order valence-corrected chi connectivity index (χ0v) is 11.7. The van der Waals surface area contributed by atoms with Gasteiger partial charge in [-0.05, 0) is 18.6 Å². The van der Waals surface area contributed by atoms with Gasteiger partial charge in [-0.15, -0.1) is 0 Å². The molecule has 0 fully saturated rings. The van der Waals surface area contributed by atoms with Gasteiger partial charge in [-0.3, -0.25) is 4.79 Å². The van der Waals surface area contributed by atoms with Crippen molar-refractivity contribution >= 4 is 5.91 Å². The van der Waals surface area contributed by atoms with E-state index in [9.17, 15) is 4.79 Å². The highest BCUT2D eigenvalue weighted by molar-refractivity contribution is 5.97. The van der Waals surface area contributed by atoms with Crippen molar-refractivity contribution < 1.29 is 19.4 Å². The number of benzene rings is 1. The summed E-state index contributed by atoms with van der Waals surface area (Å²) in [6.07, 6.45) is 0.831. The molecule has 106 valence electrons. The van der Waals surface area contributed by atoms with Crippen molar-refractivity contribution in [3.05, 3.63) is 23.8 Å². The molecule has 0 spiro atoms. The second kappa shape index (κ2) is 7.63. The molecule has 1 aromatic carbocycles. The number of hydrogen-bond donors (Lipinski definition) is 1. The number of rotatable bonds is 7. The van der Waals surface area contributed by atoms with Gasteiger partial charge in [-0.2, -0.15) is 0 Å². The van der Waals surface area contributed by atoms with E-state index >= 15 is 0 Å². The highest BCUT2D eigenvalue weighted by atomic mass is 16.5. The zero-order chi connectivity index (χ0) is 14.3. The first kappa shape index (κ1) is 15.3. The van der Waals surface area contributed by atoms with Crippen LogP contribution in [-0.2, 0) is 0 Å². The Morgan fingerprint density at radius 2 is 2.00 bits per heavy atom. The third-order valence-corrected chi connectivity index (χ3v) is 2.78. The lowest BCUT2D eigenvalue weighted by Gasteiger charge is -2.22. The molecule has 1 N–H and O–H groups in total. The molecule has 5 nitrogen and oxygen atoms in total. The number of aliphatic hydroxyl groups is 1. The van der Waals surface area contributed by atoms with Crippen molar-refractivity contribution in [2.24, 2.45) is 0 Å². The van der Waals surface area contributed by atoms with Crippen molar-refractivity contribution in [2.75, 3.05) is 33.9 Å². The monoisotopic (exact) mass is 267 g/mol. The van der Waals surface area contributed by atoms with Crippen LogP contribution in [-0.4, -0.2) is 49.8 Å². The molecular weight excluding hydrogens is 246 g/mol. The molecule has 1 amide bonds. The first-order chi connectivity index (χ1) is 9.19. The van der Waals surface area contributed by atoms with Crippen molar-refractivity contribution in [2.45, 2.75) is 13.3 Å².